The van der Waals surface area contributed by atoms with E-state index in [0.29, 0.717) is 12.5 Å². The van der Waals surface area contributed by atoms with Crippen LogP contribution in [-0.2, 0) is 6.54 Å². The quantitative estimate of drug-likeness (QED) is 0.833. The molecule has 4 heteroatoms. The maximum Gasteiger partial charge on any atom is 0.0949 e. The van der Waals surface area contributed by atoms with Crippen molar-refractivity contribution < 1.29 is 0 Å². The van der Waals surface area contributed by atoms with E-state index in [1.54, 1.807) is 0 Å². The SMILES string of the molecule is Cc1[nH]nc(CNC(C)(C)CC(C)C)c1Cl. The van der Waals surface area contributed by atoms with Gasteiger partial charge >= 0.3 is 0 Å². The molecule has 1 aromatic heterocycles. The molecule has 2 N–H and O–H groups in total. The molecule has 1 rings (SSSR count). The lowest BCUT2D eigenvalue weighted by atomic mass is 9.93. The minimum Gasteiger partial charge on any atom is -0.306 e. The molecule has 1 heterocycles. The molecule has 0 radical (unpaired) electrons. The maximum absolute atomic E-state index is 6.11. The van der Waals surface area contributed by atoms with E-state index in [-0.39, 0.29) is 5.54 Å². The first-order valence-corrected chi connectivity index (χ1v) is 6.14. The van der Waals surface area contributed by atoms with Crippen LogP contribution in [0.1, 0.15) is 45.5 Å². The molecule has 16 heavy (non-hydrogen) atoms. The molecular formula is C12H22ClN3. The van der Waals surface area contributed by atoms with Gasteiger partial charge in [0.25, 0.3) is 0 Å². The molecule has 0 spiro atoms. The van der Waals surface area contributed by atoms with Crippen LogP contribution in [0.4, 0.5) is 0 Å². The predicted molar refractivity (Wildman–Crippen MR) is 68.7 cm³/mol. The van der Waals surface area contributed by atoms with Gasteiger partial charge in [-0.2, -0.15) is 5.10 Å². The largest absolute Gasteiger partial charge is 0.306 e. The zero-order valence-corrected chi connectivity index (χ0v) is 11.6. The molecule has 0 aliphatic rings. The molecule has 0 bridgehead atoms. The van der Waals surface area contributed by atoms with E-state index in [4.69, 9.17) is 11.6 Å². The van der Waals surface area contributed by atoms with Crippen molar-refractivity contribution >= 4 is 11.6 Å². The van der Waals surface area contributed by atoms with Crippen molar-refractivity contribution in [2.75, 3.05) is 0 Å². The minimum absolute atomic E-state index is 0.115. The van der Waals surface area contributed by atoms with Crippen molar-refractivity contribution in [1.82, 2.24) is 15.5 Å². The fourth-order valence-electron chi connectivity index (χ4n) is 2.00. The third kappa shape index (κ3) is 3.80. The van der Waals surface area contributed by atoms with E-state index < -0.39 is 0 Å². The van der Waals surface area contributed by atoms with Gasteiger partial charge in [0.05, 0.1) is 16.4 Å². The van der Waals surface area contributed by atoms with Crippen molar-refractivity contribution in [3.8, 4) is 0 Å². The number of halogens is 1. The number of aromatic amines is 1. The van der Waals surface area contributed by atoms with Crippen molar-refractivity contribution in [1.29, 1.82) is 0 Å². The lowest BCUT2D eigenvalue weighted by Gasteiger charge is -2.28. The lowest BCUT2D eigenvalue weighted by Crippen LogP contribution is -2.40. The smallest absolute Gasteiger partial charge is 0.0949 e. The van der Waals surface area contributed by atoms with Crippen LogP contribution in [0, 0.1) is 12.8 Å². The Morgan fingerprint density at radius 1 is 1.44 bits per heavy atom. The average molecular weight is 244 g/mol. The highest BCUT2D eigenvalue weighted by molar-refractivity contribution is 6.31. The number of hydrogen-bond acceptors (Lipinski definition) is 2. The second-order valence-electron chi connectivity index (χ2n) is 5.44. The number of rotatable bonds is 5. The maximum atomic E-state index is 6.11. The molecular weight excluding hydrogens is 222 g/mol. The van der Waals surface area contributed by atoms with Gasteiger partial charge in [-0.3, -0.25) is 5.10 Å². The van der Waals surface area contributed by atoms with Crippen molar-refractivity contribution in [3.63, 3.8) is 0 Å². The summed E-state index contributed by atoms with van der Waals surface area (Å²) in [4.78, 5) is 0. The highest BCUT2D eigenvalue weighted by Gasteiger charge is 2.19. The number of nitrogens with zero attached hydrogens (tertiary/aromatic N) is 1. The Labute approximate surface area is 103 Å². The van der Waals surface area contributed by atoms with Gasteiger partial charge in [0.15, 0.2) is 0 Å². The normalized spacial score (nSPS) is 12.4. The minimum atomic E-state index is 0.115. The zero-order valence-electron chi connectivity index (χ0n) is 10.8. The summed E-state index contributed by atoms with van der Waals surface area (Å²) < 4.78 is 0. The number of H-pyrrole nitrogens is 1. The Balaban J connectivity index is 2.54. The molecule has 92 valence electrons. The predicted octanol–water partition coefficient (Wildman–Crippen LogP) is 3.29. The van der Waals surface area contributed by atoms with E-state index in [2.05, 4.69) is 43.2 Å². The van der Waals surface area contributed by atoms with Gasteiger partial charge in [0.1, 0.15) is 0 Å². The van der Waals surface area contributed by atoms with Crippen LogP contribution < -0.4 is 5.32 Å². The summed E-state index contributed by atoms with van der Waals surface area (Å²) in [6, 6.07) is 0. The van der Waals surface area contributed by atoms with Crippen LogP contribution in [0.25, 0.3) is 0 Å². The zero-order chi connectivity index (χ0) is 12.3. The Morgan fingerprint density at radius 2 is 2.06 bits per heavy atom. The van der Waals surface area contributed by atoms with E-state index in [0.717, 1.165) is 22.8 Å². The Hall–Kier alpha value is -0.540. The van der Waals surface area contributed by atoms with E-state index >= 15 is 0 Å². The van der Waals surface area contributed by atoms with E-state index in [9.17, 15) is 0 Å². The van der Waals surface area contributed by atoms with Gasteiger partial charge in [0, 0.05) is 12.1 Å². The first-order valence-electron chi connectivity index (χ1n) is 5.76. The Morgan fingerprint density at radius 3 is 2.50 bits per heavy atom. The fraction of sp³-hybridized carbons (Fsp3) is 0.750. The fourth-order valence-corrected chi connectivity index (χ4v) is 2.15. The average Bonchev–Trinajstić information content (AvgIpc) is 2.43. The third-order valence-electron chi connectivity index (χ3n) is 2.59. The topological polar surface area (TPSA) is 40.7 Å². The highest BCUT2D eigenvalue weighted by Crippen LogP contribution is 2.20. The number of hydrogen-bond donors (Lipinski definition) is 2. The van der Waals surface area contributed by atoms with Gasteiger partial charge in [-0.15, -0.1) is 0 Å². The summed E-state index contributed by atoms with van der Waals surface area (Å²) in [6.07, 6.45) is 1.13. The van der Waals surface area contributed by atoms with Crippen LogP contribution in [0.3, 0.4) is 0 Å². The van der Waals surface area contributed by atoms with Gasteiger partial charge in [0.2, 0.25) is 0 Å². The molecule has 3 nitrogen and oxygen atoms in total. The Kier molecular flexibility index (Phi) is 4.39. The van der Waals surface area contributed by atoms with Gasteiger partial charge < -0.3 is 5.32 Å². The van der Waals surface area contributed by atoms with E-state index in [1.165, 1.54) is 0 Å². The van der Waals surface area contributed by atoms with Gasteiger partial charge in [-0.1, -0.05) is 25.4 Å². The molecule has 0 fully saturated rings. The molecule has 0 atom stereocenters. The van der Waals surface area contributed by atoms with Crippen LogP contribution in [0.15, 0.2) is 0 Å². The molecule has 0 aliphatic carbocycles. The van der Waals surface area contributed by atoms with Crippen molar-refractivity contribution in [2.24, 2.45) is 5.92 Å². The lowest BCUT2D eigenvalue weighted by molar-refractivity contribution is 0.315. The standard InChI is InChI=1S/C12H22ClN3/c1-8(2)6-12(4,5)14-7-10-11(13)9(3)15-16-10/h8,14H,6-7H2,1-5H3,(H,15,16). The summed E-state index contributed by atoms with van der Waals surface area (Å²) in [5, 5.41) is 11.3. The molecule has 0 saturated heterocycles. The second-order valence-corrected chi connectivity index (χ2v) is 5.82. The molecule has 0 aromatic carbocycles. The van der Waals surface area contributed by atoms with Crippen molar-refractivity contribution in [2.45, 2.75) is 53.1 Å². The number of nitrogens with one attached hydrogen (secondary N) is 2. The molecule has 0 amide bonds. The molecule has 0 unspecified atom stereocenters. The summed E-state index contributed by atoms with van der Waals surface area (Å²) in [5.74, 6) is 0.680. The van der Waals surface area contributed by atoms with Gasteiger partial charge in [-0.05, 0) is 33.1 Å². The second kappa shape index (κ2) is 5.19. The molecule has 0 saturated carbocycles. The van der Waals surface area contributed by atoms with Crippen LogP contribution in [0.2, 0.25) is 5.02 Å². The van der Waals surface area contributed by atoms with Crippen LogP contribution >= 0.6 is 11.6 Å². The summed E-state index contributed by atoms with van der Waals surface area (Å²) in [5.41, 5.74) is 1.95. The summed E-state index contributed by atoms with van der Waals surface area (Å²) >= 11 is 6.11. The molecule has 0 aliphatic heterocycles. The van der Waals surface area contributed by atoms with E-state index in [1.807, 2.05) is 6.92 Å². The monoisotopic (exact) mass is 243 g/mol. The van der Waals surface area contributed by atoms with Crippen LogP contribution in [-0.4, -0.2) is 15.7 Å². The number of aromatic nitrogens is 2. The van der Waals surface area contributed by atoms with Crippen LogP contribution in [0.5, 0.6) is 0 Å². The number of aryl methyl sites for hydroxylation is 1. The first kappa shape index (κ1) is 13.5. The third-order valence-corrected chi connectivity index (χ3v) is 3.10. The molecule has 1 aromatic rings. The van der Waals surface area contributed by atoms with Crippen molar-refractivity contribution in [3.05, 3.63) is 16.4 Å². The summed E-state index contributed by atoms with van der Waals surface area (Å²) in [7, 11) is 0. The Bertz CT molecular complexity index is 342. The summed E-state index contributed by atoms with van der Waals surface area (Å²) in [6.45, 7) is 11.5. The first-order chi connectivity index (χ1) is 7.32. The van der Waals surface area contributed by atoms with Gasteiger partial charge in [-0.25, -0.2) is 0 Å². The highest BCUT2D eigenvalue weighted by atomic mass is 35.5.